The molecule has 9 heteroatoms. The molecule has 1 aromatic rings. The van der Waals surface area contributed by atoms with Crippen LogP contribution >= 0.6 is 0 Å². The second kappa shape index (κ2) is 4.89. The summed E-state index contributed by atoms with van der Waals surface area (Å²) in [5.41, 5.74) is -2.74. The summed E-state index contributed by atoms with van der Waals surface area (Å²) in [6.07, 6.45) is -4.13. The Bertz CT molecular complexity index is 683. The average Bonchev–Trinajstić information content (AvgIpc) is 2.23. The summed E-state index contributed by atoms with van der Waals surface area (Å²) in [6.45, 7) is 0. The highest BCUT2D eigenvalue weighted by Crippen LogP contribution is 2.34. The number of non-ortho nitro benzene ring substituents is 1. The van der Waals surface area contributed by atoms with Gasteiger partial charge in [0.05, 0.1) is 16.7 Å². The maximum Gasteiger partial charge on any atom is 0.417 e. The first kappa shape index (κ1) is 15.0. The molecule has 0 amide bonds. The van der Waals surface area contributed by atoms with Crippen LogP contribution in [0.4, 0.5) is 18.9 Å². The normalized spacial score (nSPS) is 11.6. The number of sulfone groups is 1. The minimum Gasteiger partial charge on any atom is -0.258 e. The fourth-order valence-electron chi connectivity index (χ4n) is 1.14. The molecule has 0 bridgehead atoms. The molecule has 0 saturated heterocycles. The Morgan fingerprint density at radius 2 is 1.89 bits per heavy atom. The van der Waals surface area contributed by atoms with Gasteiger partial charge in [0, 0.05) is 22.9 Å². The Balaban J connectivity index is 3.48. The molecule has 102 valence electrons. The third-order valence-corrected chi connectivity index (χ3v) is 2.36. The third-order valence-electron chi connectivity index (χ3n) is 1.89. The monoisotopic (exact) mass is 293 g/mol. The number of nitro groups is 1. The van der Waals surface area contributed by atoms with E-state index >= 15 is 0 Å². The maximum absolute atomic E-state index is 12.7. The van der Waals surface area contributed by atoms with Gasteiger partial charge in [0.2, 0.25) is 9.84 Å². The van der Waals surface area contributed by atoms with Crippen LogP contribution in [0.1, 0.15) is 11.1 Å². The summed E-state index contributed by atoms with van der Waals surface area (Å²) in [5, 5.41) is 12.1. The van der Waals surface area contributed by atoms with E-state index in [1.807, 2.05) is 5.92 Å². The molecule has 0 fully saturated rings. The quantitative estimate of drug-likeness (QED) is 0.450. The van der Waals surface area contributed by atoms with Crippen LogP contribution in [-0.2, 0) is 16.0 Å². The molecule has 0 aliphatic rings. The van der Waals surface area contributed by atoms with Gasteiger partial charge in [0.1, 0.15) is 0 Å². The number of hydrogen-bond donors (Lipinski definition) is 0. The lowest BCUT2D eigenvalue weighted by atomic mass is 10.1. The van der Waals surface area contributed by atoms with Crippen molar-refractivity contribution < 1.29 is 26.5 Å². The van der Waals surface area contributed by atoms with E-state index in [0.29, 0.717) is 6.07 Å². The number of hydrogen-bond acceptors (Lipinski definition) is 4. The Morgan fingerprint density at radius 3 is 2.32 bits per heavy atom. The molecule has 0 saturated carbocycles. The summed E-state index contributed by atoms with van der Waals surface area (Å²) in [4.78, 5) is 9.43. The second-order valence-electron chi connectivity index (χ2n) is 3.48. The first-order valence-electron chi connectivity index (χ1n) is 4.59. The molecule has 0 aliphatic carbocycles. The van der Waals surface area contributed by atoms with Crippen molar-refractivity contribution in [1.29, 1.82) is 0 Å². The average molecular weight is 293 g/mol. The molecule has 0 aromatic heterocycles. The minimum atomic E-state index is -4.87. The Morgan fingerprint density at radius 1 is 1.32 bits per heavy atom. The molecule has 0 spiro atoms. The van der Waals surface area contributed by atoms with Crippen molar-refractivity contribution in [2.45, 2.75) is 6.18 Å². The van der Waals surface area contributed by atoms with E-state index in [1.54, 1.807) is 5.25 Å². The van der Waals surface area contributed by atoms with Gasteiger partial charge in [0.15, 0.2) is 0 Å². The van der Waals surface area contributed by atoms with Gasteiger partial charge < -0.3 is 0 Å². The zero-order valence-electron chi connectivity index (χ0n) is 9.35. The predicted octanol–water partition coefficient (Wildman–Crippen LogP) is 1.97. The van der Waals surface area contributed by atoms with E-state index in [9.17, 15) is 31.7 Å². The maximum atomic E-state index is 12.7. The zero-order valence-corrected chi connectivity index (χ0v) is 10.2. The summed E-state index contributed by atoms with van der Waals surface area (Å²) >= 11 is 0. The van der Waals surface area contributed by atoms with Gasteiger partial charge in [-0.1, -0.05) is 0 Å². The summed E-state index contributed by atoms with van der Waals surface area (Å²) in [6, 6.07) is 1.90. The van der Waals surface area contributed by atoms with E-state index in [1.165, 1.54) is 0 Å². The number of alkyl halides is 3. The molecule has 1 aromatic carbocycles. The van der Waals surface area contributed by atoms with Gasteiger partial charge in [-0.2, -0.15) is 13.2 Å². The van der Waals surface area contributed by atoms with Crippen molar-refractivity contribution in [1.82, 2.24) is 0 Å². The van der Waals surface area contributed by atoms with Crippen LogP contribution in [0.3, 0.4) is 0 Å². The molecular weight excluding hydrogens is 287 g/mol. The Labute approximate surface area is 106 Å². The largest absolute Gasteiger partial charge is 0.417 e. The first-order chi connectivity index (χ1) is 8.50. The lowest BCUT2D eigenvalue weighted by Crippen LogP contribution is -2.08. The van der Waals surface area contributed by atoms with Crippen LogP contribution in [0, 0.1) is 21.3 Å². The van der Waals surface area contributed by atoms with Crippen molar-refractivity contribution in [2.75, 3.05) is 6.26 Å². The van der Waals surface area contributed by atoms with Crippen LogP contribution < -0.4 is 0 Å². The molecule has 0 atom stereocenters. The summed E-state index contributed by atoms with van der Waals surface area (Å²) in [7, 11) is -3.77. The fourth-order valence-corrected chi connectivity index (χ4v) is 1.43. The van der Waals surface area contributed by atoms with Crippen molar-refractivity contribution in [2.24, 2.45) is 0 Å². The van der Waals surface area contributed by atoms with Gasteiger partial charge in [-0.25, -0.2) is 8.42 Å². The highest BCUT2D eigenvalue weighted by Gasteiger charge is 2.34. The zero-order chi connectivity index (χ0) is 14.8. The number of rotatable bonds is 1. The summed E-state index contributed by atoms with van der Waals surface area (Å²) in [5.74, 6) is 1.85. The number of nitrogens with zero attached hydrogens (tertiary/aromatic N) is 1. The first-order valence-corrected chi connectivity index (χ1v) is 6.48. The predicted molar refractivity (Wildman–Crippen MR) is 59.8 cm³/mol. The SMILES string of the molecule is CS(=O)(=O)C#Cc1ccc([N+](=O)[O-])cc1C(F)(F)F. The van der Waals surface area contributed by atoms with Crippen LogP contribution in [0.5, 0.6) is 0 Å². The van der Waals surface area contributed by atoms with Crippen LogP contribution in [-0.4, -0.2) is 19.6 Å². The molecule has 5 nitrogen and oxygen atoms in total. The lowest BCUT2D eigenvalue weighted by Gasteiger charge is -2.08. The molecule has 0 heterocycles. The van der Waals surface area contributed by atoms with Gasteiger partial charge in [0.25, 0.3) is 5.69 Å². The van der Waals surface area contributed by atoms with Crippen molar-refractivity contribution >= 4 is 15.5 Å². The molecule has 0 aliphatic heterocycles. The molecule has 19 heavy (non-hydrogen) atoms. The van der Waals surface area contributed by atoms with E-state index in [4.69, 9.17) is 0 Å². The standard InChI is InChI=1S/C10H6F3NO4S/c1-19(17,18)5-4-7-2-3-8(14(15)16)6-9(7)10(11,12)13/h2-3,6H,1H3. The van der Waals surface area contributed by atoms with Crippen molar-refractivity contribution in [3.63, 3.8) is 0 Å². The second-order valence-corrected chi connectivity index (χ2v) is 5.23. The third kappa shape index (κ3) is 4.26. The molecular formula is C10H6F3NO4S. The molecule has 0 radical (unpaired) electrons. The Kier molecular flexibility index (Phi) is 3.86. The van der Waals surface area contributed by atoms with Gasteiger partial charge in [-0.3, -0.25) is 10.1 Å². The molecule has 1 rings (SSSR count). The van der Waals surface area contributed by atoms with Crippen LogP contribution in [0.2, 0.25) is 0 Å². The van der Waals surface area contributed by atoms with Crippen molar-refractivity contribution in [3.8, 4) is 11.2 Å². The van der Waals surface area contributed by atoms with Gasteiger partial charge in [-0.05, 0) is 12.0 Å². The smallest absolute Gasteiger partial charge is 0.258 e. The van der Waals surface area contributed by atoms with E-state index < -0.39 is 37.8 Å². The molecule has 0 N–H and O–H groups in total. The minimum absolute atomic E-state index is 0.312. The highest BCUT2D eigenvalue weighted by molar-refractivity contribution is 7.95. The molecule has 0 unspecified atom stereocenters. The van der Waals surface area contributed by atoms with Crippen molar-refractivity contribution in [3.05, 3.63) is 39.4 Å². The van der Waals surface area contributed by atoms with E-state index in [0.717, 1.165) is 18.4 Å². The Hall–Kier alpha value is -2.08. The van der Waals surface area contributed by atoms with Crippen LogP contribution in [0.25, 0.3) is 0 Å². The van der Waals surface area contributed by atoms with Gasteiger partial charge >= 0.3 is 6.18 Å². The van der Waals surface area contributed by atoms with E-state index in [2.05, 4.69) is 0 Å². The fraction of sp³-hybridized carbons (Fsp3) is 0.200. The summed E-state index contributed by atoms with van der Waals surface area (Å²) < 4.78 is 59.6. The van der Waals surface area contributed by atoms with Gasteiger partial charge in [-0.15, -0.1) is 0 Å². The highest BCUT2D eigenvalue weighted by atomic mass is 32.2. The number of halogens is 3. The van der Waals surface area contributed by atoms with Crippen LogP contribution in [0.15, 0.2) is 18.2 Å². The number of nitro benzene ring substituents is 1. The number of benzene rings is 1. The topological polar surface area (TPSA) is 77.3 Å². The van der Waals surface area contributed by atoms with E-state index in [-0.39, 0.29) is 0 Å². The lowest BCUT2D eigenvalue weighted by molar-refractivity contribution is -0.385.